The van der Waals surface area contributed by atoms with E-state index in [2.05, 4.69) is 0 Å². The second-order valence-corrected chi connectivity index (χ2v) is 10.4. The number of fused-ring (bicyclic) bond motifs is 1. The van der Waals surface area contributed by atoms with Crippen molar-refractivity contribution in [3.63, 3.8) is 0 Å². The van der Waals surface area contributed by atoms with Crippen molar-refractivity contribution in [2.45, 2.75) is 32.5 Å². The first-order chi connectivity index (χ1) is 17.4. The van der Waals surface area contributed by atoms with Gasteiger partial charge in [0.05, 0.1) is 12.8 Å². The molecule has 3 aromatic carbocycles. The summed E-state index contributed by atoms with van der Waals surface area (Å²) in [6.07, 6.45) is 2.36. The van der Waals surface area contributed by atoms with Crippen LogP contribution in [0.5, 0.6) is 5.75 Å². The van der Waals surface area contributed by atoms with Crippen LogP contribution in [0.25, 0.3) is 0 Å². The molecule has 1 heterocycles. The van der Waals surface area contributed by atoms with E-state index >= 15 is 0 Å². The second kappa shape index (κ2) is 10.0. The molecule has 1 aliphatic carbocycles. The number of aliphatic hydroxyl groups is 1. The van der Waals surface area contributed by atoms with E-state index in [1.807, 2.05) is 60.7 Å². The van der Waals surface area contributed by atoms with Crippen molar-refractivity contribution in [3.8, 4) is 5.75 Å². The van der Waals surface area contributed by atoms with Gasteiger partial charge >= 0.3 is 10.2 Å². The van der Waals surface area contributed by atoms with Gasteiger partial charge in [0.15, 0.2) is 0 Å². The summed E-state index contributed by atoms with van der Waals surface area (Å²) in [5.74, 6) is -0.00529. The highest BCUT2D eigenvalue weighted by Crippen LogP contribution is 2.40. The zero-order valence-electron chi connectivity index (χ0n) is 19.5. The highest BCUT2D eigenvalue weighted by molar-refractivity contribution is 7.91. The van der Waals surface area contributed by atoms with Crippen molar-refractivity contribution in [1.82, 2.24) is 4.31 Å². The fraction of sp³-hybridized carbons (Fsp3) is 0.222. The summed E-state index contributed by atoms with van der Waals surface area (Å²) in [6, 6.07) is 22.3. The monoisotopic (exact) mass is 506 g/mol. The zero-order valence-corrected chi connectivity index (χ0v) is 20.4. The number of anilines is 1. The highest BCUT2D eigenvalue weighted by atomic mass is 32.2. The molecule has 5 rings (SSSR count). The third-order valence-electron chi connectivity index (χ3n) is 6.15. The molecule has 36 heavy (non-hydrogen) atoms. The Balaban J connectivity index is 1.42. The van der Waals surface area contributed by atoms with Crippen LogP contribution in [0.15, 0.2) is 84.9 Å². The second-order valence-electron chi connectivity index (χ2n) is 8.68. The summed E-state index contributed by atoms with van der Waals surface area (Å²) in [5, 5.41) is 10.5. The number of Topliss-reactive ketones (excluding diaryl/α,β-unsaturated/α-hetero) is 1. The minimum absolute atomic E-state index is 0.136. The van der Waals surface area contributed by atoms with E-state index in [-0.39, 0.29) is 37.8 Å². The number of aryl methyl sites for hydroxylation is 1. The molecule has 0 radical (unpaired) electrons. The van der Waals surface area contributed by atoms with Crippen molar-refractivity contribution >= 4 is 21.7 Å². The van der Waals surface area contributed by atoms with E-state index in [1.165, 1.54) is 0 Å². The lowest BCUT2D eigenvalue weighted by atomic mass is 9.90. The maximum absolute atomic E-state index is 13.4. The molecule has 1 aliphatic heterocycles. The lowest BCUT2D eigenvalue weighted by Crippen LogP contribution is -2.36. The molecule has 0 saturated carbocycles. The third-order valence-corrected chi connectivity index (χ3v) is 7.80. The van der Waals surface area contributed by atoms with Gasteiger partial charge in [0.1, 0.15) is 30.6 Å². The average molecular weight is 507 g/mol. The number of nitrogens with zero attached hydrogens (tertiary/aromatic N) is 2. The number of hydrogen-bond acceptors (Lipinski definition) is 6. The van der Waals surface area contributed by atoms with Gasteiger partial charge in [-0.15, -0.1) is 0 Å². The molecule has 0 atom stereocenters. The van der Waals surface area contributed by atoms with E-state index in [0.717, 1.165) is 37.1 Å². The molecule has 9 heteroatoms. The molecule has 3 aromatic rings. The Morgan fingerprint density at radius 1 is 0.861 bits per heavy atom. The fourth-order valence-electron chi connectivity index (χ4n) is 4.26. The normalized spacial score (nSPS) is 16.6. The van der Waals surface area contributed by atoms with Crippen molar-refractivity contribution < 1.29 is 27.8 Å². The SMILES string of the molecule is O=C1CCc2cc(N3C=C(O)N(COCc4ccccc4)S3(=O)=O)c(OCc3ccccc3)cc2C1. The van der Waals surface area contributed by atoms with Gasteiger partial charge < -0.3 is 14.6 Å². The van der Waals surface area contributed by atoms with Crippen LogP contribution in [-0.4, -0.2) is 30.3 Å². The lowest BCUT2D eigenvalue weighted by molar-refractivity contribution is -0.118. The van der Waals surface area contributed by atoms with Crippen LogP contribution in [0.1, 0.15) is 28.7 Å². The number of ketones is 1. The molecular weight excluding hydrogens is 480 g/mol. The van der Waals surface area contributed by atoms with Crippen LogP contribution < -0.4 is 9.04 Å². The van der Waals surface area contributed by atoms with Crippen molar-refractivity contribution in [2.24, 2.45) is 0 Å². The Morgan fingerprint density at radius 3 is 2.22 bits per heavy atom. The van der Waals surface area contributed by atoms with E-state index in [9.17, 15) is 18.3 Å². The summed E-state index contributed by atoms with van der Waals surface area (Å²) in [4.78, 5) is 12.0. The first kappa shape index (κ1) is 23.9. The molecule has 0 bridgehead atoms. The van der Waals surface area contributed by atoms with Gasteiger partial charge in [-0.05, 0) is 40.8 Å². The fourth-order valence-corrected chi connectivity index (χ4v) is 5.58. The molecule has 186 valence electrons. The van der Waals surface area contributed by atoms with Crippen LogP contribution in [0.3, 0.4) is 0 Å². The predicted octanol–water partition coefficient (Wildman–Crippen LogP) is 4.22. The Kier molecular flexibility index (Phi) is 6.67. The number of aliphatic hydroxyl groups excluding tert-OH is 1. The van der Waals surface area contributed by atoms with Gasteiger partial charge in [0, 0.05) is 12.8 Å². The predicted molar refractivity (Wildman–Crippen MR) is 134 cm³/mol. The minimum Gasteiger partial charge on any atom is -0.493 e. The molecule has 2 aliphatic rings. The topological polar surface area (TPSA) is 96.4 Å². The van der Waals surface area contributed by atoms with E-state index in [1.54, 1.807) is 12.1 Å². The zero-order chi connectivity index (χ0) is 25.1. The molecule has 1 N–H and O–H groups in total. The van der Waals surface area contributed by atoms with E-state index < -0.39 is 16.1 Å². The van der Waals surface area contributed by atoms with Crippen LogP contribution in [-0.2, 0) is 45.8 Å². The Morgan fingerprint density at radius 2 is 1.53 bits per heavy atom. The first-order valence-electron chi connectivity index (χ1n) is 11.6. The smallest absolute Gasteiger partial charge is 0.334 e. The Bertz CT molecular complexity index is 1390. The minimum atomic E-state index is -4.18. The van der Waals surface area contributed by atoms with Gasteiger partial charge in [-0.2, -0.15) is 12.7 Å². The summed E-state index contributed by atoms with van der Waals surface area (Å²) < 4.78 is 40.3. The molecule has 8 nitrogen and oxygen atoms in total. The first-order valence-corrected chi connectivity index (χ1v) is 13.0. The van der Waals surface area contributed by atoms with Gasteiger partial charge in [0.25, 0.3) is 0 Å². The third kappa shape index (κ3) is 4.93. The van der Waals surface area contributed by atoms with E-state index in [0.29, 0.717) is 18.6 Å². The highest BCUT2D eigenvalue weighted by Gasteiger charge is 2.40. The maximum Gasteiger partial charge on any atom is 0.334 e. The van der Waals surface area contributed by atoms with Crippen LogP contribution >= 0.6 is 0 Å². The molecule has 0 saturated heterocycles. The summed E-state index contributed by atoms with van der Waals surface area (Å²) >= 11 is 0. The van der Waals surface area contributed by atoms with E-state index in [4.69, 9.17) is 9.47 Å². The molecule has 0 amide bonds. The van der Waals surface area contributed by atoms with Gasteiger partial charge in [0.2, 0.25) is 5.88 Å². The summed E-state index contributed by atoms with van der Waals surface area (Å²) in [6.45, 7) is 0.0578. The molecular formula is C27H26N2O6S. The van der Waals surface area contributed by atoms with Gasteiger partial charge in [-0.25, -0.2) is 4.31 Å². The van der Waals surface area contributed by atoms with Crippen LogP contribution in [0.2, 0.25) is 0 Å². The Hall–Kier alpha value is -3.82. The number of hydrogen-bond donors (Lipinski definition) is 1. The largest absolute Gasteiger partial charge is 0.493 e. The summed E-state index contributed by atoms with van der Waals surface area (Å²) in [7, 11) is -4.18. The number of carbonyl (C=O) groups is 1. The molecule has 0 aromatic heterocycles. The van der Waals surface area contributed by atoms with Crippen molar-refractivity contribution in [2.75, 3.05) is 11.0 Å². The molecule has 0 spiro atoms. The molecule has 0 fully saturated rings. The lowest BCUT2D eigenvalue weighted by Gasteiger charge is -2.25. The number of carbonyl (C=O) groups excluding carboxylic acids is 1. The maximum atomic E-state index is 13.4. The Labute approximate surface area is 210 Å². The van der Waals surface area contributed by atoms with Crippen LogP contribution in [0.4, 0.5) is 5.69 Å². The quantitative estimate of drug-likeness (QED) is 0.491. The number of ether oxygens (including phenoxy) is 2. The van der Waals surface area contributed by atoms with Crippen LogP contribution in [0, 0.1) is 0 Å². The van der Waals surface area contributed by atoms with Gasteiger partial charge in [-0.1, -0.05) is 60.7 Å². The average Bonchev–Trinajstić information content (AvgIpc) is 3.11. The molecule has 0 unspecified atom stereocenters. The number of benzene rings is 3. The van der Waals surface area contributed by atoms with Crippen molar-refractivity contribution in [1.29, 1.82) is 0 Å². The standard InChI is InChI=1S/C27H26N2O6S/c30-24-12-11-22-14-25(26(15-23(22)13-24)35-18-21-9-5-2-6-10-21)28-16-27(31)29(36(28,32)33)19-34-17-20-7-3-1-4-8-20/h1-10,14-16,31H,11-13,17-19H2. The number of rotatable bonds is 8. The van der Waals surface area contributed by atoms with Crippen molar-refractivity contribution in [3.05, 3.63) is 107 Å². The van der Waals surface area contributed by atoms with Gasteiger partial charge in [-0.3, -0.25) is 4.79 Å². The summed E-state index contributed by atoms with van der Waals surface area (Å²) in [5.41, 5.74) is 3.78.